The summed E-state index contributed by atoms with van der Waals surface area (Å²) in [4.78, 5) is 6.95. The van der Waals surface area contributed by atoms with Gasteiger partial charge in [-0.05, 0) is 51.7 Å². The minimum atomic E-state index is 0.316. The number of nitrogens with one attached hydrogen (secondary N) is 1. The number of rotatable bonds is 3. The van der Waals surface area contributed by atoms with E-state index in [0.29, 0.717) is 12.0 Å². The van der Waals surface area contributed by atoms with Crippen LogP contribution in [-0.4, -0.2) is 41.7 Å². The van der Waals surface area contributed by atoms with Crippen LogP contribution in [0.3, 0.4) is 0 Å². The molecule has 1 aromatic heterocycles. The fraction of sp³-hybridized carbons (Fsp3) is 0.846. The topological polar surface area (TPSA) is 54.2 Å². The molecule has 0 amide bonds. The molecule has 0 radical (unpaired) electrons. The SMILES string of the molecule is CN1CCCC(Cc2nc(C3CCCN3)no2)C1. The molecule has 0 aliphatic carbocycles. The highest BCUT2D eigenvalue weighted by Crippen LogP contribution is 2.23. The third-order valence-corrected chi connectivity index (χ3v) is 4.04. The molecule has 0 bridgehead atoms. The summed E-state index contributed by atoms with van der Waals surface area (Å²) in [6.45, 7) is 3.44. The van der Waals surface area contributed by atoms with Crippen LogP contribution in [-0.2, 0) is 6.42 Å². The molecule has 5 nitrogen and oxygen atoms in total. The van der Waals surface area contributed by atoms with Crippen LogP contribution < -0.4 is 5.32 Å². The van der Waals surface area contributed by atoms with Crippen molar-refractivity contribution in [3.63, 3.8) is 0 Å². The molecule has 3 rings (SSSR count). The van der Waals surface area contributed by atoms with Gasteiger partial charge in [-0.2, -0.15) is 4.98 Å². The van der Waals surface area contributed by atoms with Crippen molar-refractivity contribution in [2.24, 2.45) is 5.92 Å². The van der Waals surface area contributed by atoms with E-state index in [1.54, 1.807) is 0 Å². The molecule has 0 saturated carbocycles. The van der Waals surface area contributed by atoms with Gasteiger partial charge >= 0.3 is 0 Å². The predicted octanol–water partition coefficient (Wildman–Crippen LogP) is 1.38. The van der Waals surface area contributed by atoms with Crippen molar-refractivity contribution in [1.29, 1.82) is 0 Å². The van der Waals surface area contributed by atoms with Gasteiger partial charge in [0.05, 0.1) is 6.04 Å². The largest absolute Gasteiger partial charge is 0.339 e. The Balaban J connectivity index is 1.59. The van der Waals surface area contributed by atoms with E-state index < -0.39 is 0 Å². The van der Waals surface area contributed by atoms with Crippen LogP contribution >= 0.6 is 0 Å². The summed E-state index contributed by atoms with van der Waals surface area (Å²) < 4.78 is 5.40. The van der Waals surface area contributed by atoms with Crippen LogP contribution in [0.2, 0.25) is 0 Å². The van der Waals surface area contributed by atoms with Crippen molar-refractivity contribution in [2.45, 2.75) is 38.1 Å². The highest BCUT2D eigenvalue weighted by molar-refractivity contribution is 4.97. The second-order valence-electron chi connectivity index (χ2n) is 5.67. The normalized spacial score (nSPS) is 29.8. The first kappa shape index (κ1) is 12.1. The summed E-state index contributed by atoms with van der Waals surface area (Å²) in [6, 6.07) is 0.316. The Morgan fingerprint density at radius 3 is 3.11 bits per heavy atom. The predicted molar refractivity (Wildman–Crippen MR) is 68.2 cm³/mol. The van der Waals surface area contributed by atoms with Gasteiger partial charge in [-0.15, -0.1) is 0 Å². The first-order valence-corrected chi connectivity index (χ1v) is 7.05. The van der Waals surface area contributed by atoms with E-state index in [-0.39, 0.29) is 0 Å². The minimum Gasteiger partial charge on any atom is -0.339 e. The van der Waals surface area contributed by atoms with Crippen molar-refractivity contribution in [1.82, 2.24) is 20.4 Å². The van der Waals surface area contributed by atoms with E-state index in [0.717, 1.165) is 37.6 Å². The number of hydrogen-bond donors (Lipinski definition) is 1. The molecule has 18 heavy (non-hydrogen) atoms. The maximum Gasteiger partial charge on any atom is 0.227 e. The molecule has 2 atom stereocenters. The van der Waals surface area contributed by atoms with Gasteiger partial charge < -0.3 is 14.7 Å². The van der Waals surface area contributed by atoms with Gasteiger partial charge in [-0.25, -0.2) is 0 Å². The third kappa shape index (κ3) is 2.72. The van der Waals surface area contributed by atoms with Crippen LogP contribution in [0.4, 0.5) is 0 Å². The quantitative estimate of drug-likeness (QED) is 0.878. The van der Waals surface area contributed by atoms with Gasteiger partial charge in [0.2, 0.25) is 5.89 Å². The monoisotopic (exact) mass is 250 g/mol. The molecular formula is C13H22N4O. The molecule has 2 aliphatic heterocycles. The summed E-state index contributed by atoms with van der Waals surface area (Å²) in [5.74, 6) is 2.35. The van der Waals surface area contributed by atoms with Crippen LogP contribution in [0, 0.1) is 5.92 Å². The average molecular weight is 250 g/mol. The molecule has 0 spiro atoms. The van der Waals surface area contributed by atoms with E-state index in [1.807, 2.05) is 0 Å². The molecule has 2 unspecified atom stereocenters. The lowest BCUT2D eigenvalue weighted by Crippen LogP contribution is -2.33. The third-order valence-electron chi connectivity index (χ3n) is 4.04. The van der Waals surface area contributed by atoms with Crippen molar-refractivity contribution < 1.29 is 4.52 Å². The minimum absolute atomic E-state index is 0.316. The number of piperidine rings is 1. The Morgan fingerprint density at radius 2 is 2.33 bits per heavy atom. The van der Waals surface area contributed by atoms with Crippen molar-refractivity contribution in [2.75, 3.05) is 26.7 Å². The summed E-state index contributed by atoms with van der Waals surface area (Å²) in [6.07, 6.45) is 5.84. The lowest BCUT2D eigenvalue weighted by atomic mass is 9.95. The second-order valence-corrected chi connectivity index (χ2v) is 5.67. The summed E-state index contributed by atoms with van der Waals surface area (Å²) in [5.41, 5.74) is 0. The van der Waals surface area contributed by atoms with Gasteiger partial charge in [-0.1, -0.05) is 5.16 Å². The number of aromatic nitrogens is 2. The van der Waals surface area contributed by atoms with Gasteiger partial charge in [0.25, 0.3) is 0 Å². The number of nitrogens with zero attached hydrogens (tertiary/aromatic N) is 3. The molecule has 2 aliphatic rings. The summed E-state index contributed by atoms with van der Waals surface area (Å²) in [7, 11) is 2.19. The van der Waals surface area contributed by atoms with E-state index in [1.165, 1.54) is 25.8 Å². The summed E-state index contributed by atoms with van der Waals surface area (Å²) in [5, 5.41) is 7.52. The first-order valence-electron chi connectivity index (χ1n) is 7.05. The van der Waals surface area contributed by atoms with Crippen LogP contribution in [0.5, 0.6) is 0 Å². The molecule has 1 N–H and O–H groups in total. The molecular weight excluding hydrogens is 228 g/mol. The molecule has 100 valence electrons. The highest BCUT2D eigenvalue weighted by atomic mass is 16.5. The molecule has 1 aromatic rings. The Kier molecular flexibility index (Phi) is 3.61. The summed E-state index contributed by atoms with van der Waals surface area (Å²) >= 11 is 0. The van der Waals surface area contributed by atoms with Gasteiger partial charge in [0.15, 0.2) is 5.82 Å². The Bertz CT molecular complexity index is 386. The van der Waals surface area contributed by atoms with Crippen molar-refractivity contribution >= 4 is 0 Å². The standard InChI is InChI=1S/C13H22N4O/c1-17-7-3-4-10(9-17)8-12-15-13(16-18-12)11-5-2-6-14-11/h10-11,14H,2-9H2,1H3. The highest BCUT2D eigenvalue weighted by Gasteiger charge is 2.24. The lowest BCUT2D eigenvalue weighted by Gasteiger charge is -2.28. The van der Waals surface area contributed by atoms with Gasteiger partial charge in [0.1, 0.15) is 0 Å². The zero-order valence-electron chi connectivity index (χ0n) is 11.1. The maximum atomic E-state index is 5.40. The Hall–Kier alpha value is -0.940. The fourth-order valence-corrected chi connectivity index (χ4v) is 3.08. The average Bonchev–Trinajstić information content (AvgIpc) is 2.98. The van der Waals surface area contributed by atoms with E-state index in [2.05, 4.69) is 27.4 Å². The second kappa shape index (κ2) is 5.36. The number of hydrogen-bond acceptors (Lipinski definition) is 5. The molecule has 5 heteroatoms. The smallest absolute Gasteiger partial charge is 0.227 e. The molecule has 2 fully saturated rings. The lowest BCUT2D eigenvalue weighted by molar-refractivity contribution is 0.199. The van der Waals surface area contributed by atoms with Crippen LogP contribution in [0.25, 0.3) is 0 Å². The van der Waals surface area contributed by atoms with E-state index in [9.17, 15) is 0 Å². The fourth-order valence-electron chi connectivity index (χ4n) is 3.08. The van der Waals surface area contributed by atoms with E-state index >= 15 is 0 Å². The number of likely N-dealkylation sites (tertiary alicyclic amines) is 1. The molecule has 2 saturated heterocycles. The van der Waals surface area contributed by atoms with E-state index in [4.69, 9.17) is 4.52 Å². The molecule has 0 aromatic carbocycles. The zero-order chi connectivity index (χ0) is 12.4. The van der Waals surface area contributed by atoms with Crippen LogP contribution in [0.15, 0.2) is 4.52 Å². The van der Waals surface area contributed by atoms with Gasteiger partial charge in [0, 0.05) is 13.0 Å². The van der Waals surface area contributed by atoms with Crippen molar-refractivity contribution in [3.8, 4) is 0 Å². The van der Waals surface area contributed by atoms with Crippen LogP contribution in [0.1, 0.15) is 43.4 Å². The van der Waals surface area contributed by atoms with Gasteiger partial charge in [-0.3, -0.25) is 0 Å². The first-order chi connectivity index (χ1) is 8.81. The Morgan fingerprint density at radius 1 is 1.39 bits per heavy atom. The zero-order valence-corrected chi connectivity index (χ0v) is 11.1. The molecule has 3 heterocycles. The van der Waals surface area contributed by atoms with Crippen molar-refractivity contribution in [3.05, 3.63) is 11.7 Å². The maximum absolute atomic E-state index is 5.40. The Labute approximate surface area is 108 Å².